The van der Waals surface area contributed by atoms with Gasteiger partial charge in [0.25, 0.3) is 0 Å². The summed E-state index contributed by atoms with van der Waals surface area (Å²) >= 11 is 1.98. The molecule has 0 spiro atoms. The van der Waals surface area contributed by atoms with Crippen LogP contribution in [-0.4, -0.2) is 12.3 Å². The van der Waals surface area contributed by atoms with E-state index >= 15 is 0 Å². The molecule has 1 aliphatic carbocycles. The van der Waals surface area contributed by atoms with Crippen molar-refractivity contribution in [1.29, 1.82) is 0 Å². The van der Waals surface area contributed by atoms with Gasteiger partial charge in [-0.25, -0.2) is 0 Å². The number of nitrogens with two attached hydrogens (primary N) is 1. The van der Waals surface area contributed by atoms with Gasteiger partial charge in [0, 0.05) is 4.90 Å². The van der Waals surface area contributed by atoms with E-state index in [0.717, 1.165) is 18.4 Å². The van der Waals surface area contributed by atoms with Crippen LogP contribution in [0.3, 0.4) is 0 Å². The van der Waals surface area contributed by atoms with E-state index in [1.807, 2.05) is 11.8 Å². The molecular formula is C14H21NS. The van der Waals surface area contributed by atoms with Gasteiger partial charge in [0.2, 0.25) is 0 Å². The SMILES string of the molecule is NCC1CCCC1CCSc1ccccc1. The minimum atomic E-state index is 0.802. The van der Waals surface area contributed by atoms with Crippen LogP contribution in [0, 0.1) is 11.8 Å². The first-order valence-corrected chi connectivity index (χ1v) is 7.26. The summed E-state index contributed by atoms with van der Waals surface area (Å²) in [5, 5.41) is 0. The number of hydrogen-bond donors (Lipinski definition) is 1. The van der Waals surface area contributed by atoms with E-state index in [1.54, 1.807) is 0 Å². The second-order valence-corrected chi connectivity index (χ2v) is 5.81. The van der Waals surface area contributed by atoms with Crippen LogP contribution in [0.5, 0.6) is 0 Å². The average Bonchev–Trinajstić information content (AvgIpc) is 2.78. The van der Waals surface area contributed by atoms with Gasteiger partial charge in [-0.3, -0.25) is 0 Å². The molecule has 2 unspecified atom stereocenters. The molecule has 2 atom stereocenters. The topological polar surface area (TPSA) is 26.0 Å². The van der Waals surface area contributed by atoms with Crippen molar-refractivity contribution in [2.75, 3.05) is 12.3 Å². The third-order valence-electron chi connectivity index (χ3n) is 3.62. The van der Waals surface area contributed by atoms with E-state index in [2.05, 4.69) is 30.3 Å². The minimum Gasteiger partial charge on any atom is -0.330 e. The van der Waals surface area contributed by atoms with Crippen molar-refractivity contribution < 1.29 is 0 Å². The van der Waals surface area contributed by atoms with Crippen molar-refractivity contribution in [1.82, 2.24) is 0 Å². The van der Waals surface area contributed by atoms with Gasteiger partial charge >= 0.3 is 0 Å². The Morgan fingerprint density at radius 3 is 2.62 bits per heavy atom. The summed E-state index contributed by atoms with van der Waals surface area (Å²) < 4.78 is 0. The molecule has 88 valence electrons. The van der Waals surface area contributed by atoms with Crippen molar-refractivity contribution in [2.45, 2.75) is 30.6 Å². The molecule has 1 saturated carbocycles. The highest BCUT2D eigenvalue weighted by Gasteiger charge is 2.25. The summed E-state index contributed by atoms with van der Waals surface area (Å²) in [5.41, 5.74) is 5.80. The van der Waals surface area contributed by atoms with Crippen LogP contribution in [0.25, 0.3) is 0 Å². The molecule has 1 aliphatic rings. The van der Waals surface area contributed by atoms with Crippen molar-refractivity contribution in [3.63, 3.8) is 0 Å². The van der Waals surface area contributed by atoms with Gasteiger partial charge in [-0.15, -0.1) is 11.8 Å². The molecule has 2 heteroatoms. The van der Waals surface area contributed by atoms with Crippen LogP contribution in [0.4, 0.5) is 0 Å². The maximum absolute atomic E-state index is 5.80. The predicted molar refractivity (Wildman–Crippen MR) is 71.7 cm³/mol. The van der Waals surface area contributed by atoms with E-state index in [0.29, 0.717) is 0 Å². The molecule has 0 aliphatic heterocycles. The highest BCUT2D eigenvalue weighted by molar-refractivity contribution is 7.99. The quantitative estimate of drug-likeness (QED) is 0.790. The fourth-order valence-corrected chi connectivity index (χ4v) is 3.65. The lowest BCUT2D eigenvalue weighted by molar-refractivity contribution is 0.388. The molecule has 1 nitrogen and oxygen atoms in total. The molecule has 2 rings (SSSR count). The number of benzene rings is 1. The van der Waals surface area contributed by atoms with Gasteiger partial charge in [-0.1, -0.05) is 31.0 Å². The van der Waals surface area contributed by atoms with Crippen LogP contribution in [0.15, 0.2) is 35.2 Å². The van der Waals surface area contributed by atoms with Crippen LogP contribution in [-0.2, 0) is 0 Å². The van der Waals surface area contributed by atoms with Crippen LogP contribution >= 0.6 is 11.8 Å². The van der Waals surface area contributed by atoms with Gasteiger partial charge in [0.05, 0.1) is 0 Å². The zero-order valence-corrected chi connectivity index (χ0v) is 10.6. The van der Waals surface area contributed by atoms with Crippen LogP contribution in [0.1, 0.15) is 25.7 Å². The highest BCUT2D eigenvalue weighted by Crippen LogP contribution is 2.34. The van der Waals surface area contributed by atoms with Crippen molar-refractivity contribution in [3.05, 3.63) is 30.3 Å². The first kappa shape index (κ1) is 12.0. The maximum Gasteiger partial charge on any atom is 0.00719 e. The smallest absolute Gasteiger partial charge is 0.00719 e. The molecule has 16 heavy (non-hydrogen) atoms. The molecule has 0 saturated heterocycles. The molecule has 1 aromatic rings. The lowest BCUT2D eigenvalue weighted by atomic mass is 9.94. The molecule has 2 N–H and O–H groups in total. The van der Waals surface area contributed by atoms with Gasteiger partial charge in [0.15, 0.2) is 0 Å². The van der Waals surface area contributed by atoms with Crippen molar-refractivity contribution >= 4 is 11.8 Å². The lowest BCUT2D eigenvalue weighted by Crippen LogP contribution is -2.18. The van der Waals surface area contributed by atoms with E-state index < -0.39 is 0 Å². The molecule has 0 radical (unpaired) electrons. The fourth-order valence-electron chi connectivity index (χ4n) is 2.65. The fraction of sp³-hybridized carbons (Fsp3) is 0.571. The largest absolute Gasteiger partial charge is 0.330 e. The second kappa shape index (κ2) is 6.31. The van der Waals surface area contributed by atoms with Crippen molar-refractivity contribution in [2.24, 2.45) is 17.6 Å². The molecular weight excluding hydrogens is 214 g/mol. The zero-order chi connectivity index (χ0) is 11.2. The number of rotatable bonds is 5. The third kappa shape index (κ3) is 3.26. The van der Waals surface area contributed by atoms with E-state index in [4.69, 9.17) is 5.73 Å². The number of hydrogen-bond acceptors (Lipinski definition) is 2. The second-order valence-electron chi connectivity index (χ2n) is 4.64. The Morgan fingerprint density at radius 2 is 1.88 bits per heavy atom. The van der Waals surface area contributed by atoms with Gasteiger partial charge in [0.1, 0.15) is 0 Å². The zero-order valence-electron chi connectivity index (χ0n) is 9.77. The summed E-state index contributed by atoms with van der Waals surface area (Å²) in [7, 11) is 0. The van der Waals surface area contributed by atoms with Crippen LogP contribution < -0.4 is 5.73 Å². The molecule has 1 fully saturated rings. The first-order chi connectivity index (χ1) is 7.90. The standard InChI is InChI=1S/C14H21NS/c15-11-13-6-4-5-12(13)9-10-16-14-7-2-1-3-8-14/h1-3,7-8,12-13H,4-6,9-11,15H2. The summed E-state index contributed by atoms with van der Waals surface area (Å²) in [5.74, 6) is 2.93. The molecule has 0 amide bonds. The number of thioether (sulfide) groups is 1. The Kier molecular flexibility index (Phi) is 4.73. The molecule has 0 heterocycles. The third-order valence-corrected chi connectivity index (χ3v) is 4.67. The summed E-state index contributed by atoms with van der Waals surface area (Å²) in [6.45, 7) is 0.890. The first-order valence-electron chi connectivity index (χ1n) is 6.28. The normalized spacial score (nSPS) is 24.8. The van der Waals surface area contributed by atoms with E-state index in [9.17, 15) is 0 Å². The van der Waals surface area contributed by atoms with Gasteiger partial charge < -0.3 is 5.73 Å². The lowest BCUT2D eigenvalue weighted by Gasteiger charge is -2.17. The Hall–Kier alpha value is -0.470. The van der Waals surface area contributed by atoms with E-state index in [1.165, 1.54) is 36.3 Å². The Balaban J connectivity index is 1.72. The average molecular weight is 235 g/mol. The predicted octanol–water partition coefficient (Wildman–Crippen LogP) is 3.54. The van der Waals surface area contributed by atoms with E-state index in [-0.39, 0.29) is 0 Å². The Labute approximate surface area is 103 Å². The maximum atomic E-state index is 5.80. The molecule has 0 bridgehead atoms. The molecule has 0 aromatic heterocycles. The van der Waals surface area contributed by atoms with Crippen molar-refractivity contribution in [3.8, 4) is 0 Å². The monoisotopic (exact) mass is 235 g/mol. The Bertz CT molecular complexity index is 299. The summed E-state index contributed by atoms with van der Waals surface area (Å²) in [6.07, 6.45) is 5.48. The molecule has 1 aromatic carbocycles. The Morgan fingerprint density at radius 1 is 1.12 bits per heavy atom. The highest BCUT2D eigenvalue weighted by atomic mass is 32.2. The minimum absolute atomic E-state index is 0.802. The van der Waals surface area contributed by atoms with Gasteiger partial charge in [-0.2, -0.15) is 0 Å². The summed E-state index contributed by atoms with van der Waals surface area (Å²) in [4.78, 5) is 1.39. The van der Waals surface area contributed by atoms with Gasteiger partial charge in [-0.05, 0) is 49.1 Å². The van der Waals surface area contributed by atoms with Crippen LogP contribution in [0.2, 0.25) is 0 Å². The summed E-state index contributed by atoms with van der Waals surface area (Å²) in [6, 6.07) is 10.7.